The lowest BCUT2D eigenvalue weighted by Crippen LogP contribution is -1.86. The molecule has 0 fully saturated rings. The normalized spacial score (nSPS) is 10.4. The molecule has 0 aliphatic heterocycles. The number of hydrogen-bond donors (Lipinski definition) is 0. The topological polar surface area (TPSA) is 25.8 Å². The van der Waals surface area contributed by atoms with Gasteiger partial charge in [0.2, 0.25) is 0 Å². The monoisotopic (exact) mass is 314 g/mol. The van der Waals surface area contributed by atoms with Crippen molar-refractivity contribution in [3.63, 3.8) is 0 Å². The van der Waals surface area contributed by atoms with E-state index in [1.165, 1.54) is 11.8 Å². The molecule has 0 saturated carbocycles. The standard InChI is InChI=1S/C11H8BrClN2S/c1-7-9(12)3-5-11(15-7)16-10-4-2-8(13)6-14-10/h2-6H,1H3. The van der Waals surface area contributed by atoms with Crippen LogP contribution in [-0.4, -0.2) is 9.97 Å². The zero-order chi connectivity index (χ0) is 11.5. The minimum absolute atomic E-state index is 0.643. The lowest BCUT2D eigenvalue weighted by molar-refractivity contribution is 1.04. The molecule has 2 nitrogen and oxygen atoms in total. The summed E-state index contributed by atoms with van der Waals surface area (Å²) in [6.07, 6.45) is 1.63. The SMILES string of the molecule is Cc1nc(Sc2ccc(Cl)cn2)ccc1Br. The molecule has 0 spiro atoms. The molecule has 0 atom stereocenters. The highest BCUT2D eigenvalue weighted by Gasteiger charge is 2.02. The molecule has 0 aliphatic rings. The van der Waals surface area contributed by atoms with Gasteiger partial charge in [0.1, 0.15) is 10.1 Å². The summed E-state index contributed by atoms with van der Waals surface area (Å²) in [5.41, 5.74) is 0.971. The second kappa shape index (κ2) is 5.17. The van der Waals surface area contributed by atoms with Crippen LogP contribution >= 0.6 is 39.3 Å². The van der Waals surface area contributed by atoms with Gasteiger partial charge in [-0.1, -0.05) is 23.4 Å². The molecule has 0 amide bonds. The van der Waals surface area contributed by atoms with Gasteiger partial charge in [0.05, 0.1) is 10.7 Å². The summed E-state index contributed by atoms with van der Waals surface area (Å²) < 4.78 is 1.01. The van der Waals surface area contributed by atoms with Crippen molar-refractivity contribution in [1.29, 1.82) is 0 Å². The summed E-state index contributed by atoms with van der Waals surface area (Å²) in [6.45, 7) is 1.96. The van der Waals surface area contributed by atoms with E-state index in [2.05, 4.69) is 25.9 Å². The van der Waals surface area contributed by atoms with Crippen molar-refractivity contribution in [2.75, 3.05) is 0 Å². The summed E-state index contributed by atoms with van der Waals surface area (Å²) in [7, 11) is 0. The molecular formula is C11H8BrClN2S. The molecule has 2 aromatic heterocycles. The van der Waals surface area contributed by atoms with Crippen LogP contribution in [0.1, 0.15) is 5.69 Å². The van der Waals surface area contributed by atoms with Crippen molar-refractivity contribution in [3.8, 4) is 0 Å². The van der Waals surface area contributed by atoms with Gasteiger partial charge in [0, 0.05) is 10.7 Å². The predicted octanol–water partition coefficient (Wildman–Crippen LogP) is 4.35. The van der Waals surface area contributed by atoms with Gasteiger partial charge in [0.15, 0.2) is 0 Å². The van der Waals surface area contributed by atoms with Gasteiger partial charge < -0.3 is 0 Å². The van der Waals surface area contributed by atoms with E-state index in [1.807, 2.05) is 31.2 Å². The highest BCUT2D eigenvalue weighted by atomic mass is 79.9. The molecule has 0 bridgehead atoms. The van der Waals surface area contributed by atoms with Gasteiger partial charge in [-0.05, 0) is 47.1 Å². The second-order valence-electron chi connectivity index (χ2n) is 3.13. The first kappa shape index (κ1) is 11.9. The van der Waals surface area contributed by atoms with Crippen LogP contribution in [0.2, 0.25) is 5.02 Å². The van der Waals surface area contributed by atoms with Crippen molar-refractivity contribution in [3.05, 3.63) is 45.7 Å². The number of hydrogen-bond acceptors (Lipinski definition) is 3. The van der Waals surface area contributed by atoms with Crippen LogP contribution in [0, 0.1) is 6.92 Å². The maximum atomic E-state index is 5.77. The van der Waals surface area contributed by atoms with Crippen molar-refractivity contribution < 1.29 is 0 Å². The van der Waals surface area contributed by atoms with E-state index < -0.39 is 0 Å². The van der Waals surface area contributed by atoms with Crippen LogP contribution in [-0.2, 0) is 0 Å². The molecule has 16 heavy (non-hydrogen) atoms. The number of aromatic nitrogens is 2. The third-order valence-corrected chi connectivity index (χ3v) is 3.85. The lowest BCUT2D eigenvalue weighted by Gasteiger charge is -2.02. The summed E-state index contributed by atoms with van der Waals surface area (Å²) >= 11 is 10.7. The van der Waals surface area contributed by atoms with Crippen LogP contribution in [0.15, 0.2) is 45.0 Å². The minimum Gasteiger partial charge on any atom is -0.248 e. The fourth-order valence-electron chi connectivity index (χ4n) is 1.11. The van der Waals surface area contributed by atoms with Crippen molar-refractivity contribution >= 4 is 39.3 Å². The number of rotatable bonds is 2. The Morgan fingerprint density at radius 3 is 2.56 bits per heavy atom. The summed E-state index contributed by atoms with van der Waals surface area (Å²) in [4.78, 5) is 8.64. The molecule has 2 heterocycles. The average Bonchev–Trinajstić information content (AvgIpc) is 2.27. The third-order valence-electron chi connectivity index (χ3n) is 1.91. The van der Waals surface area contributed by atoms with Gasteiger partial charge in [-0.15, -0.1) is 0 Å². The lowest BCUT2D eigenvalue weighted by atomic mass is 10.4. The molecule has 0 aliphatic carbocycles. The Labute approximate surface area is 112 Å². The summed E-state index contributed by atoms with van der Waals surface area (Å²) in [5.74, 6) is 0. The largest absolute Gasteiger partial charge is 0.248 e. The highest BCUT2D eigenvalue weighted by molar-refractivity contribution is 9.10. The van der Waals surface area contributed by atoms with Gasteiger partial charge in [-0.2, -0.15) is 0 Å². The Morgan fingerprint density at radius 1 is 1.19 bits per heavy atom. The Balaban J connectivity index is 2.20. The van der Waals surface area contributed by atoms with Gasteiger partial charge in [-0.25, -0.2) is 9.97 Å². The smallest absolute Gasteiger partial charge is 0.103 e. The number of pyridine rings is 2. The van der Waals surface area contributed by atoms with Crippen molar-refractivity contribution in [2.45, 2.75) is 17.0 Å². The van der Waals surface area contributed by atoms with Gasteiger partial charge in [-0.3, -0.25) is 0 Å². The Morgan fingerprint density at radius 2 is 1.94 bits per heavy atom. The molecule has 2 rings (SSSR count). The first-order valence-electron chi connectivity index (χ1n) is 4.58. The summed E-state index contributed by atoms with van der Waals surface area (Å²) in [6, 6.07) is 7.65. The molecule has 2 aromatic rings. The molecule has 0 aromatic carbocycles. The Bertz CT molecular complexity index is 502. The molecule has 82 valence electrons. The molecule has 5 heteroatoms. The number of nitrogens with zero attached hydrogens (tertiary/aromatic N) is 2. The summed E-state index contributed by atoms with van der Waals surface area (Å²) in [5, 5.41) is 2.46. The third kappa shape index (κ3) is 2.97. The van der Waals surface area contributed by atoms with E-state index >= 15 is 0 Å². The van der Waals surface area contributed by atoms with Gasteiger partial charge >= 0.3 is 0 Å². The Hall–Kier alpha value is -0.580. The molecule has 0 radical (unpaired) electrons. The van der Waals surface area contributed by atoms with E-state index in [0.29, 0.717) is 5.02 Å². The van der Waals surface area contributed by atoms with Crippen LogP contribution in [0.4, 0.5) is 0 Å². The van der Waals surface area contributed by atoms with Crippen molar-refractivity contribution in [1.82, 2.24) is 9.97 Å². The fraction of sp³-hybridized carbons (Fsp3) is 0.0909. The minimum atomic E-state index is 0.643. The Kier molecular flexibility index (Phi) is 3.84. The maximum absolute atomic E-state index is 5.77. The zero-order valence-electron chi connectivity index (χ0n) is 8.45. The maximum Gasteiger partial charge on any atom is 0.103 e. The molecule has 0 saturated heterocycles. The van der Waals surface area contributed by atoms with E-state index in [-0.39, 0.29) is 0 Å². The van der Waals surface area contributed by atoms with Crippen molar-refractivity contribution in [2.24, 2.45) is 0 Å². The second-order valence-corrected chi connectivity index (χ2v) is 5.46. The van der Waals surface area contributed by atoms with Crippen LogP contribution in [0.25, 0.3) is 0 Å². The van der Waals surface area contributed by atoms with Crippen LogP contribution < -0.4 is 0 Å². The first-order chi connectivity index (χ1) is 7.65. The van der Waals surface area contributed by atoms with Crippen LogP contribution in [0.5, 0.6) is 0 Å². The molecule has 0 unspecified atom stereocenters. The predicted molar refractivity (Wildman–Crippen MR) is 70.0 cm³/mol. The first-order valence-corrected chi connectivity index (χ1v) is 6.56. The highest BCUT2D eigenvalue weighted by Crippen LogP contribution is 2.26. The molecule has 0 N–H and O–H groups in total. The van der Waals surface area contributed by atoms with E-state index in [9.17, 15) is 0 Å². The number of halogens is 2. The quantitative estimate of drug-likeness (QED) is 0.824. The molecular weight excluding hydrogens is 308 g/mol. The zero-order valence-corrected chi connectivity index (χ0v) is 11.6. The van der Waals surface area contributed by atoms with E-state index in [1.54, 1.807) is 6.20 Å². The number of aryl methyl sites for hydroxylation is 1. The fourth-order valence-corrected chi connectivity index (χ4v) is 2.21. The van der Waals surface area contributed by atoms with Gasteiger partial charge in [0.25, 0.3) is 0 Å². The van der Waals surface area contributed by atoms with E-state index in [0.717, 1.165) is 20.2 Å². The van der Waals surface area contributed by atoms with Crippen LogP contribution in [0.3, 0.4) is 0 Å². The van der Waals surface area contributed by atoms with E-state index in [4.69, 9.17) is 11.6 Å². The average molecular weight is 316 g/mol.